The maximum absolute atomic E-state index is 10.7. The maximum atomic E-state index is 10.7. The van der Waals surface area contributed by atoms with E-state index in [0.29, 0.717) is 25.7 Å². The SMILES string of the molecule is CCNC(=NCc1ccc([N+](=O)[O-])cc1)N1CCC(COCCOC)C1.I. The van der Waals surface area contributed by atoms with Gasteiger partial charge in [0, 0.05) is 44.8 Å². The summed E-state index contributed by atoms with van der Waals surface area (Å²) in [7, 11) is 1.67. The highest BCUT2D eigenvalue weighted by molar-refractivity contribution is 14.0. The Morgan fingerprint density at radius 1 is 1.37 bits per heavy atom. The standard InChI is InChI=1S/C18H28N4O4.HI/c1-3-19-18(20-12-15-4-6-17(7-5-15)22(23)24)21-9-8-16(13-21)14-26-11-10-25-2;/h4-7,16H,3,8-14H2,1-2H3,(H,19,20);1H. The van der Waals surface area contributed by atoms with Crippen molar-refractivity contribution < 1.29 is 14.4 Å². The number of ether oxygens (including phenoxy) is 2. The number of hydrogen-bond acceptors (Lipinski definition) is 5. The van der Waals surface area contributed by atoms with Crippen molar-refractivity contribution >= 4 is 35.6 Å². The van der Waals surface area contributed by atoms with Crippen LogP contribution in [0.5, 0.6) is 0 Å². The first-order valence-corrected chi connectivity index (χ1v) is 8.97. The summed E-state index contributed by atoms with van der Waals surface area (Å²) in [5.74, 6) is 1.38. The number of methoxy groups -OCH3 is 1. The number of benzene rings is 1. The van der Waals surface area contributed by atoms with E-state index in [1.165, 1.54) is 12.1 Å². The topological polar surface area (TPSA) is 89.2 Å². The number of nitro benzene ring substituents is 1. The molecule has 1 aliphatic rings. The van der Waals surface area contributed by atoms with Crippen LogP contribution in [0, 0.1) is 16.0 Å². The molecule has 1 N–H and O–H groups in total. The Hall–Kier alpha value is -1.46. The molecule has 0 aromatic heterocycles. The molecule has 0 amide bonds. The lowest BCUT2D eigenvalue weighted by Crippen LogP contribution is -2.40. The minimum atomic E-state index is -0.393. The average molecular weight is 492 g/mol. The second kappa shape index (κ2) is 12.8. The Labute approximate surface area is 177 Å². The number of nitrogens with one attached hydrogen (secondary N) is 1. The molecule has 0 saturated carbocycles. The van der Waals surface area contributed by atoms with E-state index in [-0.39, 0.29) is 29.7 Å². The Morgan fingerprint density at radius 2 is 2.11 bits per heavy atom. The number of halogens is 1. The van der Waals surface area contributed by atoms with E-state index in [2.05, 4.69) is 15.2 Å². The summed E-state index contributed by atoms with van der Waals surface area (Å²) in [5.41, 5.74) is 1.05. The molecule has 2 rings (SSSR count). The molecule has 0 bridgehead atoms. The largest absolute Gasteiger partial charge is 0.382 e. The highest BCUT2D eigenvalue weighted by Gasteiger charge is 2.24. The number of aliphatic imine (C=N–C) groups is 1. The lowest BCUT2D eigenvalue weighted by atomic mass is 10.1. The van der Waals surface area contributed by atoms with Gasteiger partial charge in [0.1, 0.15) is 0 Å². The zero-order valence-corrected chi connectivity index (χ0v) is 18.3. The zero-order chi connectivity index (χ0) is 18.8. The van der Waals surface area contributed by atoms with E-state index >= 15 is 0 Å². The van der Waals surface area contributed by atoms with Gasteiger partial charge in [-0.25, -0.2) is 4.99 Å². The van der Waals surface area contributed by atoms with E-state index in [0.717, 1.165) is 44.2 Å². The fourth-order valence-electron chi connectivity index (χ4n) is 2.87. The van der Waals surface area contributed by atoms with E-state index in [9.17, 15) is 10.1 Å². The van der Waals surface area contributed by atoms with Crippen LogP contribution in [0.4, 0.5) is 5.69 Å². The van der Waals surface area contributed by atoms with Gasteiger partial charge in [-0.2, -0.15) is 0 Å². The van der Waals surface area contributed by atoms with Gasteiger partial charge >= 0.3 is 0 Å². The number of nitro groups is 1. The number of rotatable bonds is 9. The van der Waals surface area contributed by atoms with Gasteiger partial charge in [-0.1, -0.05) is 12.1 Å². The Morgan fingerprint density at radius 3 is 2.74 bits per heavy atom. The first-order valence-electron chi connectivity index (χ1n) is 8.97. The molecular weight excluding hydrogens is 463 g/mol. The van der Waals surface area contributed by atoms with E-state index in [4.69, 9.17) is 9.47 Å². The maximum Gasteiger partial charge on any atom is 0.269 e. The zero-order valence-electron chi connectivity index (χ0n) is 15.9. The highest BCUT2D eigenvalue weighted by Crippen LogP contribution is 2.17. The first-order chi connectivity index (χ1) is 12.6. The predicted molar refractivity (Wildman–Crippen MR) is 116 cm³/mol. The molecule has 152 valence electrons. The molecule has 1 aliphatic heterocycles. The normalized spacial score (nSPS) is 16.9. The summed E-state index contributed by atoms with van der Waals surface area (Å²) < 4.78 is 10.6. The quantitative estimate of drug-likeness (QED) is 0.142. The number of likely N-dealkylation sites (tertiary alicyclic amines) is 1. The Kier molecular flexibility index (Phi) is 11.2. The van der Waals surface area contributed by atoms with Crippen molar-refractivity contribution in [3.63, 3.8) is 0 Å². The van der Waals surface area contributed by atoms with Crippen LogP contribution in [0.15, 0.2) is 29.3 Å². The third-order valence-corrected chi connectivity index (χ3v) is 4.26. The third-order valence-electron chi connectivity index (χ3n) is 4.26. The molecule has 1 saturated heterocycles. The fourth-order valence-corrected chi connectivity index (χ4v) is 2.87. The van der Waals surface area contributed by atoms with Crippen LogP contribution in [0.1, 0.15) is 18.9 Å². The fraction of sp³-hybridized carbons (Fsp3) is 0.611. The third kappa shape index (κ3) is 7.97. The smallest absolute Gasteiger partial charge is 0.269 e. The van der Waals surface area contributed by atoms with Crippen molar-refractivity contribution in [2.24, 2.45) is 10.9 Å². The van der Waals surface area contributed by atoms with Gasteiger partial charge in [-0.3, -0.25) is 10.1 Å². The molecule has 8 nitrogen and oxygen atoms in total. The van der Waals surface area contributed by atoms with E-state index in [1.54, 1.807) is 19.2 Å². The minimum Gasteiger partial charge on any atom is -0.382 e. The monoisotopic (exact) mass is 492 g/mol. The molecule has 1 unspecified atom stereocenters. The van der Waals surface area contributed by atoms with Crippen LogP contribution >= 0.6 is 24.0 Å². The number of non-ortho nitro benzene ring substituents is 1. The van der Waals surface area contributed by atoms with Gasteiger partial charge in [0.2, 0.25) is 0 Å². The van der Waals surface area contributed by atoms with Crippen LogP contribution in [0.25, 0.3) is 0 Å². The van der Waals surface area contributed by atoms with Crippen molar-refractivity contribution in [1.82, 2.24) is 10.2 Å². The van der Waals surface area contributed by atoms with Gasteiger partial charge in [-0.05, 0) is 18.9 Å². The molecule has 1 aromatic rings. The number of hydrogen-bond donors (Lipinski definition) is 1. The number of nitrogens with zero attached hydrogens (tertiary/aromatic N) is 3. The lowest BCUT2D eigenvalue weighted by molar-refractivity contribution is -0.384. The summed E-state index contributed by atoms with van der Waals surface area (Å²) in [6, 6.07) is 6.53. The van der Waals surface area contributed by atoms with E-state index in [1.807, 2.05) is 6.92 Å². The molecule has 0 spiro atoms. The Balaban J connectivity index is 0.00000364. The molecule has 1 heterocycles. The van der Waals surface area contributed by atoms with Gasteiger partial charge in [0.05, 0.1) is 31.3 Å². The summed E-state index contributed by atoms with van der Waals surface area (Å²) in [4.78, 5) is 17.3. The predicted octanol–water partition coefficient (Wildman–Crippen LogP) is 2.66. The molecule has 9 heteroatoms. The molecule has 1 aromatic carbocycles. The van der Waals surface area contributed by atoms with E-state index < -0.39 is 4.92 Å². The molecule has 0 radical (unpaired) electrons. The van der Waals surface area contributed by atoms with Crippen LogP contribution < -0.4 is 5.32 Å². The molecular formula is C18H29IN4O4. The molecule has 1 fully saturated rings. The summed E-state index contributed by atoms with van der Waals surface area (Å²) in [6.45, 7) is 7.18. The minimum absolute atomic E-state index is 0. The van der Waals surface area contributed by atoms with Crippen molar-refractivity contribution in [3.05, 3.63) is 39.9 Å². The van der Waals surface area contributed by atoms with Gasteiger partial charge in [0.25, 0.3) is 5.69 Å². The van der Waals surface area contributed by atoms with Gasteiger partial charge < -0.3 is 19.7 Å². The average Bonchev–Trinajstić information content (AvgIpc) is 3.11. The van der Waals surface area contributed by atoms with Gasteiger partial charge in [-0.15, -0.1) is 24.0 Å². The summed E-state index contributed by atoms with van der Waals surface area (Å²) in [5, 5.41) is 14.1. The van der Waals surface area contributed by atoms with Crippen LogP contribution in [0.3, 0.4) is 0 Å². The van der Waals surface area contributed by atoms with Crippen LogP contribution in [-0.2, 0) is 16.0 Å². The van der Waals surface area contributed by atoms with Crippen LogP contribution in [-0.4, -0.2) is 62.3 Å². The second-order valence-electron chi connectivity index (χ2n) is 6.26. The molecule has 1 atom stereocenters. The highest BCUT2D eigenvalue weighted by atomic mass is 127. The Bertz CT molecular complexity index is 598. The van der Waals surface area contributed by atoms with Crippen molar-refractivity contribution in [2.75, 3.05) is 46.6 Å². The molecule has 0 aliphatic carbocycles. The summed E-state index contributed by atoms with van der Waals surface area (Å²) in [6.07, 6.45) is 1.08. The van der Waals surface area contributed by atoms with Crippen molar-refractivity contribution in [1.29, 1.82) is 0 Å². The van der Waals surface area contributed by atoms with Crippen molar-refractivity contribution in [2.45, 2.75) is 19.9 Å². The number of guanidine groups is 1. The van der Waals surface area contributed by atoms with Crippen molar-refractivity contribution in [3.8, 4) is 0 Å². The lowest BCUT2D eigenvalue weighted by Gasteiger charge is -2.21. The summed E-state index contributed by atoms with van der Waals surface area (Å²) >= 11 is 0. The first kappa shape index (κ1) is 23.6. The van der Waals surface area contributed by atoms with Crippen LogP contribution in [0.2, 0.25) is 0 Å². The second-order valence-corrected chi connectivity index (χ2v) is 6.26. The van der Waals surface area contributed by atoms with Gasteiger partial charge in [0.15, 0.2) is 5.96 Å². The molecule has 27 heavy (non-hydrogen) atoms.